The van der Waals surface area contributed by atoms with E-state index < -0.39 is 21.8 Å². The Bertz CT molecular complexity index is 601. The van der Waals surface area contributed by atoms with Crippen molar-refractivity contribution in [3.05, 3.63) is 11.9 Å². The SMILES string of the molecule is Cn1cc(NC(=O)OC(C)(C)C)c(CCOS(C)(=O)=O)n1. The van der Waals surface area contributed by atoms with E-state index >= 15 is 0 Å². The number of hydrogen-bond acceptors (Lipinski definition) is 6. The third-order valence-corrected chi connectivity index (χ3v) is 2.77. The second-order valence-electron chi connectivity index (χ2n) is 5.57. The van der Waals surface area contributed by atoms with Gasteiger partial charge in [-0.2, -0.15) is 13.5 Å². The Labute approximate surface area is 124 Å². The molecular weight excluding hydrogens is 298 g/mol. The summed E-state index contributed by atoms with van der Waals surface area (Å²) in [7, 11) is -1.80. The number of carbonyl (C=O) groups is 1. The highest BCUT2D eigenvalue weighted by molar-refractivity contribution is 7.85. The summed E-state index contributed by atoms with van der Waals surface area (Å²) in [6.45, 7) is 5.24. The Hall–Kier alpha value is -1.61. The van der Waals surface area contributed by atoms with Crippen LogP contribution in [0.4, 0.5) is 10.5 Å². The molecule has 120 valence electrons. The second kappa shape index (κ2) is 6.44. The van der Waals surface area contributed by atoms with Gasteiger partial charge in [-0.1, -0.05) is 0 Å². The summed E-state index contributed by atoms with van der Waals surface area (Å²) in [5.41, 5.74) is 0.377. The van der Waals surface area contributed by atoms with E-state index in [-0.39, 0.29) is 13.0 Å². The Morgan fingerprint density at radius 1 is 1.43 bits per heavy atom. The minimum Gasteiger partial charge on any atom is -0.444 e. The average molecular weight is 319 g/mol. The molecule has 8 nitrogen and oxygen atoms in total. The largest absolute Gasteiger partial charge is 0.444 e. The average Bonchev–Trinajstić information content (AvgIpc) is 2.53. The van der Waals surface area contributed by atoms with E-state index in [1.54, 1.807) is 34.0 Å². The van der Waals surface area contributed by atoms with Gasteiger partial charge in [-0.25, -0.2) is 4.79 Å². The molecule has 0 aliphatic carbocycles. The molecule has 1 amide bonds. The minimum absolute atomic E-state index is 0.0428. The number of aryl methyl sites for hydroxylation is 1. The third kappa shape index (κ3) is 7.09. The number of nitrogens with zero attached hydrogens (tertiary/aromatic N) is 2. The molecule has 0 aliphatic rings. The predicted octanol–water partition coefficient (Wildman–Crippen LogP) is 1.29. The van der Waals surface area contributed by atoms with Crippen LogP contribution in [0.5, 0.6) is 0 Å². The number of nitrogens with one attached hydrogen (secondary N) is 1. The number of anilines is 1. The van der Waals surface area contributed by atoms with Crippen molar-refractivity contribution in [1.29, 1.82) is 0 Å². The molecule has 21 heavy (non-hydrogen) atoms. The quantitative estimate of drug-likeness (QED) is 0.821. The number of hydrogen-bond donors (Lipinski definition) is 1. The summed E-state index contributed by atoms with van der Waals surface area (Å²) in [5, 5.41) is 6.74. The lowest BCUT2D eigenvalue weighted by molar-refractivity contribution is 0.0635. The Balaban J connectivity index is 2.69. The summed E-state index contributed by atoms with van der Waals surface area (Å²) >= 11 is 0. The maximum Gasteiger partial charge on any atom is 0.412 e. The maximum atomic E-state index is 11.7. The van der Waals surface area contributed by atoms with Gasteiger partial charge in [0.1, 0.15) is 5.60 Å². The molecule has 9 heteroatoms. The normalized spacial score (nSPS) is 12.2. The lowest BCUT2D eigenvalue weighted by Gasteiger charge is -2.19. The fraction of sp³-hybridized carbons (Fsp3) is 0.667. The van der Waals surface area contributed by atoms with Crippen molar-refractivity contribution in [3.63, 3.8) is 0 Å². The van der Waals surface area contributed by atoms with E-state index in [0.29, 0.717) is 11.4 Å². The van der Waals surface area contributed by atoms with Gasteiger partial charge in [-0.3, -0.25) is 14.2 Å². The van der Waals surface area contributed by atoms with E-state index in [9.17, 15) is 13.2 Å². The van der Waals surface area contributed by atoms with Crippen molar-refractivity contribution in [3.8, 4) is 0 Å². The lowest BCUT2D eigenvalue weighted by Crippen LogP contribution is -2.27. The predicted molar refractivity (Wildman–Crippen MR) is 77.6 cm³/mol. The van der Waals surface area contributed by atoms with Crippen LogP contribution in [-0.2, 0) is 32.5 Å². The summed E-state index contributed by atoms with van der Waals surface area (Å²) in [6, 6.07) is 0. The molecule has 0 radical (unpaired) electrons. The molecule has 1 aromatic heterocycles. The summed E-state index contributed by atoms with van der Waals surface area (Å²) in [6.07, 6.45) is 2.24. The molecule has 0 spiro atoms. The zero-order valence-corrected chi connectivity index (χ0v) is 13.7. The summed E-state index contributed by atoms with van der Waals surface area (Å²) in [5.74, 6) is 0. The number of aromatic nitrogens is 2. The van der Waals surface area contributed by atoms with Gasteiger partial charge < -0.3 is 4.74 Å². The first kappa shape index (κ1) is 17.4. The molecule has 0 saturated heterocycles. The van der Waals surface area contributed by atoms with Crippen molar-refractivity contribution >= 4 is 21.9 Å². The first-order chi connectivity index (χ1) is 9.46. The molecule has 0 saturated carbocycles. The Morgan fingerprint density at radius 3 is 2.57 bits per heavy atom. The van der Waals surface area contributed by atoms with Crippen LogP contribution in [0.1, 0.15) is 26.5 Å². The van der Waals surface area contributed by atoms with Gasteiger partial charge in [0.15, 0.2) is 0 Å². The van der Waals surface area contributed by atoms with Crippen LogP contribution in [-0.4, -0.2) is 42.8 Å². The highest BCUT2D eigenvalue weighted by atomic mass is 32.2. The highest BCUT2D eigenvalue weighted by Gasteiger charge is 2.18. The van der Waals surface area contributed by atoms with Crippen LogP contribution in [0.2, 0.25) is 0 Å². The van der Waals surface area contributed by atoms with Crippen molar-refractivity contribution in [2.24, 2.45) is 7.05 Å². The smallest absolute Gasteiger partial charge is 0.412 e. The summed E-state index contributed by atoms with van der Waals surface area (Å²) < 4.78 is 33.1. The molecule has 1 rings (SSSR count). The standard InChI is InChI=1S/C12H21N3O5S/c1-12(2,3)20-11(16)13-10-8-15(4)14-9(10)6-7-19-21(5,17)18/h8H,6-7H2,1-5H3,(H,13,16). The maximum absolute atomic E-state index is 11.7. The fourth-order valence-corrected chi connectivity index (χ4v) is 1.91. The Kier molecular flexibility index (Phi) is 5.35. The molecule has 0 aromatic carbocycles. The molecular formula is C12H21N3O5S. The van der Waals surface area contributed by atoms with Gasteiger partial charge in [0.2, 0.25) is 0 Å². The van der Waals surface area contributed by atoms with Crippen LogP contribution < -0.4 is 5.32 Å². The number of ether oxygens (including phenoxy) is 1. The Morgan fingerprint density at radius 2 is 2.05 bits per heavy atom. The number of amides is 1. The van der Waals surface area contributed by atoms with E-state index in [2.05, 4.69) is 14.6 Å². The van der Waals surface area contributed by atoms with Crippen molar-refractivity contribution in [2.75, 3.05) is 18.2 Å². The molecule has 1 N–H and O–H groups in total. The number of carbonyl (C=O) groups excluding carboxylic acids is 1. The van der Waals surface area contributed by atoms with Crippen molar-refractivity contribution < 1.29 is 22.1 Å². The van der Waals surface area contributed by atoms with E-state index in [1.165, 1.54) is 4.68 Å². The third-order valence-electron chi connectivity index (χ3n) is 2.18. The minimum atomic E-state index is -3.49. The highest BCUT2D eigenvalue weighted by Crippen LogP contribution is 2.16. The fourth-order valence-electron chi connectivity index (χ4n) is 1.53. The zero-order chi connectivity index (χ0) is 16.3. The van der Waals surface area contributed by atoms with Gasteiger partial charge in [-0.05, 0) is 20.8 Å². The molecule has 0 unspecified atom stereocenters. The van der Waals surface area contributed by atoms with Crippen LogP contribution in [0.15, 0.2) is 6.20 Å². The molecule has 0 bridgehead atoms. The second-order valence-corrected chi connectivity index (χ2v) is 7.21. The van der Waals surface area contributed by atoms with Gasteiger partial charge in [0.25, 0.3) is 10.1 Å². The van der Waals surface area contributed by atoms with Crippen LogP contribution in [0.25, 0.3) is 0 Å². The monoisotopic (exact) mass is 319 g/mol. The molecule has 0 fully saturated rings. The van der Waals surface area contributed by atoms with Crippen LogP contribution in [0, 0.1) is 0 Å². The topological polar surface area (TPSA) is 99.5 Å². The van der Waals surface area contributed by atoms with Gasteiger partial charge in [0.05, 0.1) is 24.2 Å². The molecule has 0 atom stereocenters. The van der Waals surface area contributed by atoms with Crippen molar-refractivity contribution in [1.82, 2.24) is 9.78 Å². The molecule has 1 aromatic rings. The summed E-state index contributed by atoms with van der Waals surface area (Å²) in [4.78, 5) is 11.7. The number of rotatable bonds is 5. The lowest BCUT2D eigenvalue weighted by atomic mass is 10.2. The molecule has 0 aliphatic heterocycles. The van der Waals surface area contributed by atoms with Crippen molar-refractivity contribution in [2.45, 2.75) is 32.8 Å². The van der Waals surface area contributed by atoms with Gasteiger partial charge >= 0.3 is 6.09 Å². The first-order valence-corrected chi connectivity index (χ1v) is 8.15. The molecule has 1 heterocycles. The van der Waals surface area contributed by atoms with Crippen LogP contribution in [0.3, 0.4) is 0 Å². The van der Waals surface area contributed by atoms with E-state index in [4.69, 9.17) is 4.74 Å². The van der Waals surface area contributed by atoms with E-state index in [1.807, 2.05) is 0 Å². The zero-order valence-electron chi connectivity index (χ0n) is 12.8. The van der Waals surface area contributed by atoms with Gasteiger partial charge in [-0.15, -0.1) is 0 Å². The van der Waals surface area contributed by atoms with Crippen LogP contribution >= 0.6 is 0 Å². The first-order valence-electron chi connectivity index (χ1n) is 6.33. The van der Waals surface area contributed by atoms with Gasteiger partial charge in [0, 0.05) is 19.7 Å². The van der Waals surface area contributed by atoms with E-state index in [0.717, 1.165) is 6.26 Å².